The van der Waals surface area contributed by atoms with Gasteiger partial charge in [0.2, 0.25) is 0 Å². The average Bonchev–Trinajstić information content (AvgIpc) is 2.34. The SMILES string of the molecule is CC(=O)OCC1C=CCC1. The minimum Gasteiger partial charge on any atom is -0.465 e. The van der Waals surface area contributed by atoms with Crippen molar-refractivity contribution in [3.8, 4) is 0 Å². The molecular formula is C8H12O2. The number of carbonyl (C=O) groups is 1. The largest absolute Gasteiger partial charge is 0.465 e. The van der Waals surface area contributed by atoms with E-state index in [0.29, 0.717) is 12.5 Å². The highest BCUT2D eigenvalue weighted by atomic mass is 16.5. The van der Waals surface area contributed by atoms with E-state index in [1.54, 1.807) is 0 Å². The summed E-state index contributed by atoms with van der Waals surface area (Å²) in [7, 11) is 0. The average molecular weight is 140 g/mol. The lowest BCUT2D eigenvalue weighted by molar-refractivity contribution is -0.141. The summed E-state index contributed by atoms with van der Waals surface area (Å²) in [5, 5.41) is 0. The zero-order valence-electron chi connectivity index (χ0n) is 6.17. The van der Waals surface area contributed by atoms with Crippen LogP contribution in [0.25, 0.3) is 0 Å². The van der Waals surface area contributed by atoms with Crippen LogP contribution < -0.4 is 0 Å². The van der Waals surface area contributed by atoms with Crippen LogP contribution in [0, 0.1) is 5.92 Å². The zero-order valence-corrected chi connectivity index (χ0v) is 6.17. The molecule has 1 rings (SSSR count). The van der Waals surface area contributed by atoms with E-state index < -0.39 is 0 Å². The molecule has 0 aromatic rings. The lowest BCUT2D eigenvalue weighted by Gasteiger charge is -2.05. The highest BCUT2D eigenvalue weighted by Crippen LogP contribution is 2.16. The first-order valence-corrected chi connectivity index (χ1v) is 3.59. The molecule has 1 aliphatic rings. The van der Waals surface area contributed by atoms with Crippen molar-refractivity contribution in [2.24, 2.45) is 5.92 Å². The molecule has 0 amide bonds. The fraction of sp³-hybridized carbons (Fsp3) is 0.625. The van der Waals surface area contributed by atoms with Gasteiger partial charge >= 0.3 is 5.97 Å². The van der Waals surface area contributed by atoms with Gasteiger partial charge in [0.15, 0.2) is 0 Å². The summed E-state index contributed by atoms with van der Waals surface area (Å²) in [5.41, 5.74) is 0. The fourth-order valence-electron chi connectivity index (χ4n) is 1.06. The van der Waals surface area contributed by atoms with E-state index in [4.69, 9.17) is 4.74 Å². The van der Waals surface area contributed by atoms with Crippen LogP contribution in [0.1, 0.15) is 19.8 Å². The number of hydrogen-bond acceptors (Lipinski definition) is 2. The van der Waals surface area contributed by atoms with Crippen LogP contribution in [0.4, 0.5) is 0 Å². The van der Waals surface area contributed by atoms with Crippen molar-refractivity contribution in [1.29, 1.82) is 0 Å². The van der Waals surface area contributed by atoms with Gasteiger partial charge in [-0.25, -0.2) is 0 Å². The van der Waals surface area contributed by atoms with E-state index in [0.717, 1.165) is 12.8 Å². The van der Waals surface area contributed by atoms with Gasteiger partial charge in [-0.15, -0.1) is 0 Å². The Morgan fingerprint density at radius 3 is 3.10 bits per heavy atom. The van der Waals surface area contributed by atoms with Gasteiger partial charge in [-0.2, -0.15) is 0 Å². The fourth-order valence-corrected chi connectivity index (χ4v) is 1.06. The van der Waals surface area contributed by atoms with E-state index >= 15 is 0 Å². The van der Waals surface area contributed by atoms with Crippen molar-refractivity contribution >= 4 is 5.97 Å². The second-order valence-corrected chi connectivity index (χ2v) is 2.57. The first-order chi connectivity index (χ1) is 4.79. The first-order valence-electron chi connectivity index (χ1n) is 3.59. The van der Waals surface area contributed by atoms with Crippen LogP contribution in [0.3, 0.4) is 0 Å². The predicted molar refractivity (Wildman–Crippen MR) is 38.5 cm³/mol. The molecule has 0 fully saturated rings. The van der Waals surface area contributed by atoms with E-state index in [9.17, 15) is 4.79 Å². The summed E-state index contributed by atoms with van der Waals surface area (Å²) in [6, 6.07) is 0. The lowest BCUT2D eigenvalue weighted by atomic mass is 10.1. The Labute approximate surface area is 60.9 Å². The molecule has 1 aliphatic carbocycles. The number of allylic oxidation sites excluding steroid dienone is 1. The van der Waals surface area contributed by atoms with Crippen LogP contribution in [-0.2, 0) is 9.53 Å². The van der Waals surface area contributed by atoms with Crippen molar-refractivity contribution in [3.05, 3.63) is 12.2 Å². The summed E-state index contributed by atoms with van der Waals surface area (Å²) < 4.78 is 4.84. The Kier molecular flexibility index (Phi) is 2.49. The smallest absolute Gasteiger partial charge is 0.302 e. The second kappa shape index (κ2) is 3.40. The van der Waals surface area contributed by atoms with Crippen LogP contribution >= 0.6 is 0 Å². The zero-order chi connectivity index (χ0) is 7.40. The molecule has 0 bridgehead atoms. The highest BCUT2D eigenvalue weighted by Gasteiger charge is 2.09. The normalized spacial score (nSPS) is 23.1. The number of hydrogen-bond donors (Lipinski definition) is 0. The van der Waals surface area contributed by atoms with Crippen molar-refractivity contribution < 1.29 is 9.53 Å². The molecule has 1 atom stereocenters. The van der Waals surface area contributed by atoms with Crippen LogP contribution in [0.5, 0.6) is 0 Å². The Hall–Kier alpha value is -0.790. The topological polar surface area (TPSA) is 26.3 Å². The minimum atomic E-state index is -0.180. The number of esters is 1. The van der Waals surface area contributed by atoms with Gasteiger partial charge in [0, 0.05) is 12.8 Å². The van der Waals surface area contributed by atoms with Gasteiger partial charge in [0.25, 0.3) is 0 Å². The summed E-state index contributed by atoms with van der Waals surface area (Å²) in [6.07, 6.45) is 6.51. The molecular weight excluding hydrogens is 128 g/mol. The van der Waals surface area contributed by atoms with Gasteiger partial charge in [0.1, 0.15) is 0 Å². The third kappa shape index (κ3) is 2.21. The van der Waals surface area contributed by atoms with E-state index in [1.807, 2.05) is 0 Å². The summed E-state index contributed by atoms with van der Waals surface area (Å²) in [4.78, 5) is 10.4. The maximum atomic E-state index is 10.4. The standard InChI is InChI=1S/C8H12O2/c1-7(9)10-6-8-4-2-3-5-8/h2,4,8H,3,5-6H2,1H3. The van der Waals surface area contributed by atoms with Crippen LogP contribution in [0.2, 0.25) is 0 Å². The second-order valence-electron chi connectivity index (χ2n) is 2.57. The number of carbonyl (C=O) groups excluding carboxylic acids is 1. The molecule has 0 radical (unpaired) electrons. The molecule has 56 valence electrons. The molecule has 2 heteroatoms. The molecule has 0 saturated carbocycles. The molecule has 0 saturated heterocycles. The van der Waals surface area contributed by atoms with Crippen molar-refractivity contribution in [1.82, 2.24) is 0 Å². The van der Waals surface area contributed by atoms with Crippen molar-refractivity contribution in [2.45, 2.75) is 19.8 Å². The summed E-state index contributed by atoms with van der Waals surface area (Å²) >= 11 is 0. The minimum absolute atomic E-state index is 0.180. The maximum Gasteiger partial charge on any atom is 0.302 e. The number of ether oxygens (including phenoxy) is 1. The van der Waals surface area contributed by atoms with Crippen LogP contribution in [-0.4, -0.2) is 12.6 Å². The first kappa shape index (κ1) is 7.32. The molecule has 2 nitrogen and oxygen atoms in total. The molecule has 0 spiro atoms. The molecule has 10 heavy (non-hydrogen) atoms. The molecule has 0 aliphatic heterocycles. The van der Waals surface area contributed by atoms with Gasteiger partial charge in [-0.05, 0) is 12.8 Å². The van der Waals surface area contributed by atoms with Gasteiger partial charge in [0.05, 0.1) is 6.61 Å². The Bertz CT molecular complexity index is 149. The molecule has 0 N–H and O–H groups in total. The molecule has 0 aromatic heterocycles. The van der Waals surface area contributed by atoms with E-state index in [2.05, 4.69) is 12.2 Å². The third-order valence-corrected chi connectivity index (χ3v) is 1.61. The van der Waals surface area contributed by atoms with Crippen molar-refractivity contribution in [3.63, 3.8) is 0 Å². The third-order valence-electron chi connectivity index (χ3n) is 1.61. The van der Waals surface area contributed by atoms with Gasteiger partial charge in [-0.3, -0.25) is 4.79 Å². The number of rotatable bonds is 2. The van der Waals surface area contributed by atoms with Gasteiger partial charge in [-0.1, -0.05) is 12.2 Å². The monoisotopic (exact) mass is 140 g/mol. The Morgan fingerprint density at radius 1 is 1.80 bits per heavy atom. The Balaban J connectivity index is 2.13. The molecule has 1 unspecified atom stereocenters. The molecule has 0 heterocycles. The van der Waals surface area contributed by atoms with Gasteiger partial charge < -0.3 is 4.74 Å². The van der Waals surface area contributed by atoms with Crippen molar-refractivity contribution in [2.75, 3.05) is 6.61 Å². The predicted octanol–water partition coefficient (Wildman–Crippen LogP) is 1.52. The maximum absolute atomic E-state index is 10.4. The van der Waals surface area contributed by atoms with E-state index in [1.165, 1.54) is 6.92 Å². The van der Waals surface area contributed by atoms with Crippen LogP contribution in [0.15, 0.2) is 12.2 Å². The Morgan fingerprint density at radius 2 is 2.60 bits per heavy atom. The molecule has 0 aromatic carbocycles. The highest BCUT2D eigenvalue weighted by molar-refractivity contribution is 5.65. The summed E-state index contributed by atoms with van der Waals surface area (Å²) in [5.74, 6) is 0.296. The lowest BCUT2D eigenvalue weighted by Crippen LogP contribution is -2.07. The summed E-state index contributed by atoms with van der Waals surface area (Å²) in [6.45, 7) is 2.00. The quantitative estimate of drug-likeness (QED) is 0.429. The van der Waals surface area contributed by atoms with E-state index in [-0.39, 0.29) is 5.97 Å².